The van der Waals surface area contributed by atoms with Gasteiger partial charge < -0.3 is 9.64 Å². The summed E-state index contributed by atoms with van der Waals surface area (Å²) in [5.41, 5.74) is 0.426. The molecule has 1 saturated heterocycles. The van der Waals surface area contributed by atoms with Crippen molar-refractivity contribution in [3.05, 3.63) is 44.3 Å². The molecule has 1 aliphatic rings. The van der Waals surface area contributed by atoms with Crippen molar-refractivity contribution in [3.63, 3.8) is 0 Å². The van der Waals surface area contributed by atoms with Crippen LogP contribution < -0.4 is 4.90 Å². The molecule has 2 amide bonds. The minimum absolute atomic E-state index is 0.250. The Hall–Kier alpha value is -1.45. The third-order valence-electron chi connectivity index (χ3n) is 3.25. The molecular weight excluding hydrogens is 450 g/mol. The maximum absolute atomic E-state index is 12.3. The molecule has 1 aromatic heterocycles. The Balaban J connectivity index is 1.81. The van der Waals surface area contributed by atoms with E-state index in [4.69, 9.17) is 4.74 Å². The van der Waals surface area contributed by atoms with Crippen LogP contribution in [0.5, 0.6) is 0 Å². The van der Waals surface area contributed by atoms with Crippen LogP contribution in [0.1, 0.15) is 10.4 Å². The number of halogens is 2. The summed E-state index contributed by atoms with van der Waals surface area (Å²) in [6, 6.07) is 6.60. The lowest BCUT2D eigenvalue weighted by Crippen LogP contribution is -2.37. The van der Waals surface area contributed by atoms with Crippen LogP contribution in [0.15, 0.2) is 38.7 Å². The van der Waals surface area contributed by atoms with Gasteiger partial charge in [-0.15, -0.1) is 0 Å². The fraction of sp³-hybridized carbons (Fsp3) is 0.214. The molecule has 0 bridgehead atoms. The number of amides is 2. The summed E-state index contributed by atoms with van der Waals surface area (Å²) >= 11 is 7.94. The van der Waals surface area contributed by atoms with Crippen LogP contribution in [-0.4, -0.2) is 41.7 Å². The van der Waals surface area contributed by atoms with E-state index in [1.165, 1.54) is 21.1 Å². The standard InChI is InChI=1S/C14H11Br2N3O3S/c1-18-7-11(19(14(18)21)13-17-6-10(16)23-13)22-12(20)8-2-4-9(15)5-3-8/h2-6,11H,7H2,1H3. The van der Waals surface area contributed by atoms with Gasteiger partial charge in [-0.05, 0) is 40.2 Å². The molecular formula is C14H11Br2N3O3S. The van der Waals surface area contributed by atoms with Gasteiger partial charge in [0.25, 0.3) is 0 Å². The second kappa shape index (κ2) is 6.58. The number of benzene rings is 1. The summed E-state index contributed by atoms with van der Waals surface area (Å²) in [5, 5.41) is 0.486. The monoisotopic (exact) mass is 459 g/mol. The summed E-state index contributed by atoms with van der Waals surface area (Å²) in [7, 11) is 1.66. The molecule has 1 unspecified atom stereocenters. The number of likely N-dealkylation sites (N-methyl/N-ethyl adjacent to an activating group) is 1. The highest BCUT2D eigenvalue weighted by Crippen LogP contribution is 2.31. The molecule has 9 heteroatoms. The Bertz CT molecular complexity index is 750. The van der Waals surface area contributed by atoms with Gasteiger partial charge in [-0.25, -0.2) is 19.5 Å². The number of ether oxygens (including phenoxy) is 1. The Morgan fingerprint density at radius 1 is 1.35 bits per heavy atom. The highest BCUT2D eigenvalue weighted by Gasteiger charge is 2.40. The van der Waals surface area contributed by atoms with Gasteiger partial charge in [0.05, 0.1) is 22.1 Å². The van der Waals surface area contributed by atoms with Crippen LogP contribution in [-0.2, 0) is 4.74 Å². The maximum atomic E-state index is 12.3. The predicted molar refractivity (Wildman–Crippen MR) is 93.7 cm³/mol. The normalized spacial score (nSPS) is 17.7. The van der Waals surface area contributed by atoms with Crippen molar-refractivity contribution in [2.75, 3.05) is 18.5 Å². The number of esters is 1. The molecule has 3 rings (SSSR count). The molecule has 1 fully saturated rings. The zero-order valence-corrected chi connectivity index (χ0v) is 15.9. The quantitative estimate of drug-likeness (QED) is 0.654. The molecule has 6 nitrogen and oxygen atoms in total. The van der Waals surface area contributed by atoms with Crippen molar-refractivity contribution >= 4 is 60.3 Å². The van der Waals surface area contributed by atoms with Crippen molar-refractivity contribution in [1.29, 1.82) is 0 Å². The average molecular weight is 461 g/mol. The fourth-order valence-electron chi connectivity index (χ4n) is 2.13. The van der Waals surface area contributed by atoms with E-state index in [1.54, 1.807) is 37.5 Å². The molecule has 1 aliphatic heterocycles. The SMILES string of the molecule is CN1CC(OC(=O)c2ccc(Br)cc2)N(c2ncc(Br)s2)C1=O. The number of carbonyl (C=O) groups excluding carboxylic acids is 2. The van der Waals surface area contributed by atoms with Gasteiger partial charge in [0.1, 0.15) is 0 Å². The molecule has 23 heavy (non-hydrogen) atoms. The van der Waals surface area contributed by atoms with Crippen molar-refractivity contribution in [2.24, 2.45) is 0 Å². The lowest BCUT2D eigenvalue weighted by molar-refractivity contribution is 0.0331. The summed E-state index contributed by atoms with van der Waals surface area (Å²) < 4.78 is 7.19. The van der Waals surface area contributed by atoms with Crippen LogP contribution in [0, 0.1) is 0 Å². The largest absolute Gasteiger partial charge is 0.435 e. The molecule has 1 aromatic carbocycles. The molecule has 0 saturated carbocycles. The molecule has 2 aromatic rings. The molecule has 2 heterocycles. The topological polar surface area (TPSA) is 62.7 Å². The first kappa shape index (κ1) is 16.4. The highest BCUT2D eigenvalue weighted by molar-refractivity contribution is 9.11. The Morgan fingerprint density at radius 3 is 2.65 bits per heavy atom. The van der Waals surface area contributed by atoms with Crippen molar-refractivity contribution in [2.45, 2.75) is 6.23 Å². The van der Waals surface area contributed by atoms with E-state index in [2.05, 4.69) is 36.8 Å². The third kappa shape index (κ3) is 3.41. The van der Waals surface area contributed by atoms with E-state index < -0.39 is 12.2 Å². The van der Waals surface area contributed by atoms with E-state index in [0.29, 0.717) is 10.7 Å². The number of carbonyl (C=O) groups is 2. The molecule has 1 atom stereocenters. The second-order valence-corrected chi connectivity index (χ2v) is 8.15. The molecule has 120 valence electrons. The summed E-state index contributed by atoms with van der Waals surface area (Å²) in [6.07, 6.45) is 0.904. The second-order valence-electron chi connectivity index (χ2n) is 4.85. The Labute approximate surface area is 153 Å². The molecule has 0 aliphatic carbocycles. The zero-order chi connectivity index (χ0) is 16.6. The number of aromatic nitrogens is 1. The fourth-order valence-corrected chi connectivity index (χ4v) is 3.61. The number of hydrogen-bond donors (Lipinski definition) is 0. The summed E-state index contributed by atoms with van der Waals surface area (Å²) in [5.74, 6) is -0.480. The van der Waals surface area contributed by atoms with Gasteiger partial charge >= 0.3 is 12.0 Å². The van der Waals surface area contributed by atoms with Crippen LogP contribution in [0.2, 0.25) is 0 Å². The van der Waals surface area contributed by atoms with Crippen molar-refractivity contribution in [3.8, 4) is 0 Å². The van der Waals surface area contributed by atoms with Crippen molar-refractivity contribution in [1.82, 2.24) is 9.88 Å². The summed E-state index contributed by atoms with van der Waals surface area (Å²) in [6.45, 7) is 0.290. The zero-order valence-electron chi connectivity index (χ0n) is 11.9. The first-order valence-electron chi connectivity index (χ1n) is 6.58. The van der Waals surface area contributed by atoms with Gasteiger partial charge in [0.15, 0.2) is 5.13 Å². The maximum Gasteiger partial charge on any atom is 0.340 e. The smallest absolute Gasteiger partial charge is 0.340 e. The number of hydrogen-bond acceptors (Lipinski definition) is 5. The number of rotatable bonds is 3. The lowest BCUT2D eigenvalue weighted by Gasteiger charge is -2.20. The minimum atomic E-state index is -0.707. The first-order chi connectivity index (χ1) is 11.0. The molecule has 0 N–H and O–H groups in total. The van der Waals surface area contributed by atoms with Crippen molar-refractivity contribution < 1.29 is 14.3 Å². The van der Waals surface area contributed by atoms with E-state index in [1.807, 2.05) is 0 Å². The number of nitrogens with zero attached hydrogens (tertiary/aromatic N) is 3. The van der Waals surface area contributed by atoms with Crippen LogP contribution >= 0.6 is 43.2 Å². The Morgan fingerprint density at radius 2 is 2.04 bits per heavy atom. The van der Waals surface area contributed by atoms with E-state index in [9.17, 15) is 9.59 Å². The van der Waals surface area contributed by atoms with Gasteiger partial charge in [0.2, 0.25) is 6.23 Å². The van der Waals surface area contributed by atoms with E-state index in [0.717, 1.165) is 8.26 Å². The number of urea groups is 1. The average Bonchev–Trinajstić information content (AvgIpc) is 3.04. The molecule has 0 spiro atoms. The van der Waals surface area contributed by atoms with Crippen LogP contribution in [0.4, 0.5) is 9.93 Å². The van der Waals surface area contributed by atoms with Crippen LogP contribution in [0.3, 0.4) is 0 Å². The molecule has 0 radical (unpaired) electrons. The van der Waals surface area contributed by atoms with Gasteiger partial charge in [-0.2, -0.15) is 0 Å². The minimum Gasteiger partial charge on any atom is -0.435 e. The lowest BCUT2D eigenvalue weighted by atomic mass is 10.2. The first-order valence-corrected chi connectivity index (χ1v) is 8.98. The van der Waals surface area contributed by atoms with E-state index >= 15 is 0 Å². The Kier molecular flexibility index (Phi) is 4.69. The third-order valence-corrected chi connectivity index (χ3v) is 5.25. The number of anilines is 1. The summed E-state index contributed by atoms with van der Waals surface area (Å²) in [4.78, 5) is 31.6. The van der Waals surface area contributed by atoms with Gasteiger partial charge in [-0.1, -0.05) is 27.3 Å². The number of thiazole rings is 1. The highest BCUT2D eigenvalue weighted by atomic mass is 79.9. The van der Waals surface area contributed by atoms with Crippen LogP contribution in [0.25, 0.3) is 0 Å². The van der Waals surface area contributed by atoms with Gasteiger partial charge in [0, 0.05) is 11.5 Å². The predicted octanol–water partition coefficient (Wildman–Crippen LogP) is 3.72. The van der Waals surface area contributed by atoms with E-state index in [-0.39, 0.29) is 12.6 Å². The van der Waals surface area contributed by atoms with Gasteiger partial charge in [-0.3, -0.25) is 0 Å².